The summed E-state index contributed by atoms with van der Waals surface area (Å²) in [4.78, 5) is 11.4. The van der Waals surface area contributed by atoms with E-state index in [-0.39, 0.29) is 18.9 Å². The molecule has 1 aromatic carbocycles. The van der Waals surface area contributed by atoms with E-state index in [1.807, 2.05) is 0 Å². The largest absolute Gasteiger partial charge is 0.493 e. The van der Waals surface area contributed by atoms with E-state index in [0.717, 1.165) is 0 Å². The molecule has 0 aliphatic rings. The molecular weight excluding hydrogens is 244 g/mol. The number of hydrogen-bond donors (Lipinski definition) is 2. The van der Waals surface area contributed by atoms with Crippen LogP contribution in [0, 0.1) is 0 Å². The van der Waals surface area contributed by atoms with Crippen molar-refractivity contribution in [3.05, 3.63) is 17.2 Å². The molecule has 0 heterocycles. The van der Waals surface area contributed by atoms with Crippen LogP contribution in [-0.4, -0.2) is 26.7 Å². The summed E-state index contributed by atoms with van der Waals surface area (Å²) in [5, 5.41) is 3.03. The fraction of sp³-hybridized carbons (Fsp3) is 0.364. The zero-order valence-corrected chi connectivity index (χ0v) is 10.5. The predicted molar refractivity (Wildman–Crippen MR) is 66.9 cm³/mol. The third-order valence-electron chi connectivity index (χ3n) is 2.12. The van der Waals surface area contributed by atoms with Gasteiger partial charge in [0.25, 0.3) is 0 Å². The highest BCUT2D eigenvalue weighted by Crippen LogP contribution is 2.35. The quantitative estimate of drug-likeness (QED) is 0.842. The van der Waals surface area contributed by atoms with Gasteiger partial charge in [-0.25, -0.2) is 0 Å². The molecule has 0 saturated heterocycles. The van der Waals surface area contributed by atoms with Gasteiger partial charge in [0.2, 0.25) is 5.91 Å². The van der Waals surface area contributed by atoms with Crippen LogP contribution in [0.4, 0.5) is 5.69 Å². The Morgan fingerprint density at radius 2 is 1.94 bits per heavy atom. The Kier molecular flexibility index (Phi) is 5.06. The molecule has 0 radical (unpaired) electrons. The Morgan fingerprint density at radius 3 is 2.47 bits per heavy atom. The Morgan fingerprint density at radius 1 is 1.35 bits per heavy atom. The number of carbonyl (C=O) groups excluding carboxylic acids is 1. The van der Waals surface area contributed by atoms with E-state index >= 15 is 0 Å². The summed E-state index contributed by atoms with van der Waals surface area (Å²) in [6.45, 7) is 0.288. The summed E-state index contributed by atoms with van der Waals surface area (Å²) in [6, 6.07) is 3.19. The molecule has 0 unspecified atom stereocenters. The fourth-order valence-electron chi connectivity index (χ4n) is 1.29. The first-order chi connectivity index (χ1) is 8.12. The number of methoxy groups -OCH3 is 2. The zero-order valence-electron chi connectivity index (χ0n) is 9.75. The Hall–Kier alpha value is -1.46. The first kappa shape index (κ1) is 13.6. The van der Waals surface area contributed by atoms with Crippen molar-refractivity contribution in [3.8, 4) is 11.5 Å². The lowest BCUT2D eigenvalue weighted by atomic mass is 10.2. The van der Waals surface area contributed by atoms with Gasteiger partial charge < -0.3 is 20.5 Å². The molecule has 94 valence electrons. The maximum atomic E-state index is 11.4. The Bertz CT molecular complexity index is 410. The molecule has 0 spiro atoms. The van der Waals surface area contributed by atoms with Crippen LogP contribution in [0.1, 0.15) is 6.42 Å². The van der Waals surface area contributed by atoms with Crippen LogP contribution in [0.5, 0.6) is 11.5 Å². The maximum absolute atomic E-state index is 11.4. The number of amides is 1. The summed E-state index contributed by atoms with van der Waals surface area (Å²) in [6.07, 6.45) is 0.241. The van der Waals surface area contributed by atoms with Gasteiger partial charge in [-0.3, -0.25) is 4.79 Å². The molecule has 0 atom stereocenters. The first-order valence-electron chi connectivity index (χ1n) is 5.03. The number of halogens is 1. The van der Waals surface area contributed by atoms with Crippen LogP contribution < -0.4 is 20.5 Å². The first-order valence-corrected chi connectivity index (χ1v) is 5.41. The standard InChI is InChI=1S/C11H15ClN2O3/c1-16-9-5-7(12)8(6-10(9)17-2)14-11(15)3-4-13/h5-6H,3-4,13H2,1-2H3,(H,14,15). The third kappa shape index (κ3) is 3.51. The Balaban J connectivity index is 2.96. The van der Waals surface area contributed by atoms with Gasteiger partial charge in [-0.2, -0.15) is 0 Å². The summed E-state index contributed by atoms with van der Waals surface area (Å²) >= 11 is 6.00. The molecule has 1 aromatic rings. The number of anilines is 1. The van der Waals surface area contributed by atoms with Crippen molar-refractivity contribution in [1.29, 1.82) is 0 Å². The zero-order chi connectivity index (χ0) is 12.8. The van der Waals surface area contributed by atoms with Crippen LogP contribution in [0.3, 0.4) is 0 Å². The molecule has 0 bridgehead atoms. The van der Waals surface area contributed by atoms with Gasteiger partial charge in [0, 0.05) is 25.1 Å². The minimum Gasteiger partial charge on any atom is -0.493 e. The van der Waals surface area contributed by atoms with E-state index in [2.05, 4.69) is 5.32 Å². The number of benzene rings is 1. The number of rotatable bonds is 5. The number of nitrogens with one attached hydrogen (secondary N) is 1. The smallest absolute Gasteiger partial charge is 0.225 e. The monoisotopic (exact) mass is 258 g/mol. The second kappa shape index (κ2) is 6.32. The van der Waals surface area contributed by atoms with Gasteiger partial charge in [0.1, 0.15) is 0 Å². The lowest BCUT2D eigenvalue weighted by Crippen LogP contribution is -2.16. The molecule has 1 amide bonds. The number of nitrogens with two attached hydrogens (primary N) is 1. The normalized spacial score (nSPS) is 9.88. The second-order valence-corrected chi connectivity index (χ2v) is 3.68. The summed E-state index contributed by atoms with van der Waals surface area (Å²) in [5.74, 6) is 0.816. The highest BCUT2D eigenvalue weighted by atomic mass is 35.5. The molecule has 5 nitrogen and oxygen atoms in total. The average Bonchev–Trinajstić information content (AvgIpc) is 2.31. The molecule has 0 saturated carbocycles. The number of ether oxygens (including phenoxy) is 2. The van der Waals surface area contributed by atoms with Gasteiger partial charge in [0.05, 0.1) is 24.9 Å². The second-order valence-electron chi connectivity index (χ2n) is 3.27. The lowest BCUT2D eigenvalue weighted by molar-refractivity contribution is -0.116. The van der Waals surface area contributed by atoms with Crippen molar-refractivity contribution in [1.82, 2.24) is 0 Å². The molecule has 0 fully saturated rings. The van der Waals surface area contributed by atoms with Crippen LogP contribution in [0.15, 0.2) is 12.1 Å². The topological polar surface area (TPSA) is 73.6 Å². The van der Waals surface area contributed by atoms with Crippen LogP contribution in [0.2, 0.25) is 5.02 Å². The van der Waals surface area contributed by atoms with E-state index in [1.54, 1.807) is 12.1 Å². The van der Waals surface area contributed by atoms with E-state index in [1.165, 1.54) is 14.2 Å². The highest BCUT2D eigenvalue weighted by Gasteiger charge is 2.11. The summed E-state index contributed by atoms with van der Waals surface area (Å²) < 4.78 is 10.2. The molecule has 6 heteroatoms. The van der Waals surface area contributed by atoms with Crippen molar-refractivity contribution in [3.63, 3.8) is 0 Å². The van der Waals surface area contributed by atoms with Gasteiger partial charge >= 0.3 is 0 Å². The predicted octanol–water partition coefficient (Wildman–Crippen LogP) is 1.64. The summed E-state index contributed by atoms with van der Waals surface area (Å²) in [7, 11) is 3.03. The van der Waals surface area contributed by atoms with E-state index in [9.17, 15) is 4.79 Å². The van der Waals surface area contributed by atoms with Crippen molar-refractivity contribution >= 4 is 23.2 Å². The molecule has 0 aliphatic carbocycles. The van der Waals surface area contributed by atoms with E-state index in [4.69, 9.17) is 26.8 Å². The average molecular weight is 259 g/mol. The van der Waals surface area contributed by atoms with E-state index in [0.29, 0.717) is 22.2 Å². The molecule has 3 N–H and O–H groups in total. The van der Waals surface area contributed by atoms with Gasteiger partial charge in [-0.1, -0.05) is 11.6 Å². The molecule has 0 aromatic heterocycles. The van der Waals surface area contributed by atoms with Crippen molar-refractivity contribution in [2.45, 2.75) is 6.42 Å². The summed E-state index contributed by atoms with van der Waals surface area (Å²) in [5.41, 5.74) is 5.76. The van der Waals surface area contributed by atoms with Gasteiger partial charge in [-0.15, -0.1) is 0 Å². The Labute approximate surface area is 105 Å². The fourth-order valence-corrected chi connectivity index (χ4v) is 1.49. The number of hydrogen-bond acceptors (Lipinski definition) is 4. The minimum absolute atomic E-state index is 0.193. The third-order valence-corrected chi connectivity index (χ3v) is 2.43. The van der Waals surface area contributed by atoms with Gasteiger partial charge in [-0.05, 0) is 0 Å². The van der Waals surface area contributed by atoms with Crippen LogP contribution >= 0.6 is 11.6 Å². The van der Waals surface area contributed by atoms with Crippen LogP contribution in [0.25, 0.3) is 0 Å². The van der Waals surface area contributed by atoms with E-state index < -0.39 is 0 Å². The lowest BCUT2D eigenvalue weighted by Gasteiger charge is -2.12. The minimum atomic E-state index is -0.193. The van der Waals surface area contributed by atoms with Gasteiger partial charge in [0.15, 0.2) is 11.5 Å². The highest BCUT2D eigenvalue weighted by molar-refractivity contribution is 6.34. The molecule has 0 aliphatic heterocycles. The molecular formula is C11H15ClN2O3. The SMILES string of the molecule is COc1cc(Cl)c(NC(=O)CCN)cc1OC. The molecule has 17 heavy (non-hydrogen) atoms. The van der Waals surface area contributed by atoms with Crippen molar-refractivity contribution in [2.24, 2.45) is 5.73 Å². The van der Waals surface area contributed by atoms with Crippen molar-refractivity contribution < 1.29 is 14.3 Å². The maximum Gasteiger partial charge on any atom is 0.225 e. The number of carbonyl (C=O) groups is 1. The molecule has 1 rings (SSSR count). The van der Waals surface area contributed by atoms with Crippen LogP contribution in [-0.2, 0) is 4.79 Å². The van der Waals surface area contributed by atoms with Crippen molar-refractivity contribution in [2.75, 3.05) is 26.1 Å².